The fourth-order valence-corrected chi connectivity index (χ4v) is 3.96. The van der Waals surface area contributed by atoms with Gasteiger partial charge in [0.05, 0.1) is 16.9 Å². The van der Waals surface area contributed by atoms with E-state index in [0.29, 0.717) is 5.76 Å². The van der Waals surface area contributed by atoms with Crippen molar-refractivity contribution in [3.63, 3.8) is 0 Å². The van der Waals surface area contributed by atoms with Crippen LogP contribution in [0.5, 0.6) is 0 Å². The topological polar surface area (TPSA) is 77.1 Å². The second-order valence-corrected chi connectivity index (χ2v) is 8.02. The molecule has 0 spiro atoms. The van der Waals surface area contributed by atoms with E-state index in [2.05, 4.69) is 9.82 Å². The summed E-state index contributed by atoms with van der Waals surface area (Å²) in [6.45, 7) is 6.02. The molecular formula is C19H23N3O3S. The standard InChI is InChI=1S/C19H23N3O3S/c1-4-16-7-9-17(10-8-16)26(23,24)20-13-18(19-6-5-11-25-19)22-15(3)12-14(2)21-22/h5-12,18,20H,4,13H2,1-3H3. The van der Waals surface area contributed by atoms with Crippen molar-refractivity contribution in [2.75, 3.05) is 6.54 Å². The highest BCUT2D eigenvalue weighted by Crippen LogP contribution is 2.21. The highest BCUT2D eigenvalue weighted by Gasteiger charge is 2.23. The Morgan fingerprint density at radius 1 is 1.19 bits per heavy atom. The molecule has 0 aliphatic carbocycles. The summed E-state index contributed by atoms with van der Waals surface area (Å²) in [6, 6.07) is 12.1. The summed E-state index contributed by atoms with van der Waals surface area (Å²) in [5.41, 5.74) is 2.91. The maximum Gasteiger partial charge on any atom is 0.240 e. The molecule has 0 saturated carbocycles. The van der Waals surface area contributed by atoms with Crippen LogP contribution in [-0.2, 0) is 16.4 Å². The summed E-state index contributed by atoms with van der Waals surface area (Å²) < 4.78 is 35.3. The summed E-state index contributed by atoms with van der Waals surface area (Å²) in [4.78, 5) is 0.251. The lowest BCUT2D eigenvalue weighted by Crippen LogP contribution is -2.32. The Kier molecular flexibility index (Phi) is 5.29. The highest BCUT2D eigenvalue weighted by molar-refractivity contribution is 7.89. The van der Waals surface area contributed by atoms with E-state index in [1.54, 1.807) is 29.1 Å². The third-order valence-corrected chi connectivity index (χ3v) is 5.76. The van der Waals surface area contributed by atoms with E-state index < -0.39 is 10.0 Å². The predicted octanol–water partition coefficient (Wildman–Crippen LogP) is 3.22. The van der Waals surface area contributed by atoms with Gasteiger partial charge in [0, 0.05) is 12.2 Å². The smallest absolute Gasteiger partial charge is 0.240 e. The van der Waals surface area contributed by atoms with Gasteiger partial charge < -0.3 is 4.42 Å². The van der Waals surface area contributed by atoms with Crippen LogP contribution in [0.25, 0.3) is 0 Å². The van der Waals surface area contributed by atoms with Crippen LogP contribution in [-0.4, -0.2) is 24.7 Å². The van der Waals surface area contributed by atoms with E-state index in [-0.39, 0.29) is 17.5 Å². The van der Waals surface area contributed by atoms with Gasteiger partial charge in [-0.05, 0) is 56.2 Å². The fraction of sp³-hybridized carbons (Fsp3) is 0.316. The van der Waals surface area contributed by atoms with Crippen molar-refractivity contribution in [1.82, 2.24) is 14.5 Å². The van der Waals surface area contributed by atoms with Gasteiger partial charge in [0.1, 0.15) is 11.8 Å². The number of rotatable bonds is 7. The number of benzene rings is 1. The zero-order chi connectivity index (χ0) is 18.7. The average molecular weight is 373 g/mol. The third kappa shape index (κ3) is 3.89. The van der Waals surface area contributed by atoms with Gasteiger partial charge in [-0.1, -0.05) is 19.1 Å². The summed E-state index contributed by atoms with van der Waals surface area (Å²) >= 11 is 0. The maximum absolute atomic E-state index is 12.7. The van der Waals surface area contributed by atoms with Crippen LogP contribution in [0.3, 0.4) is 0 Å². The molecule has 138 valence electrons. The molecule has 0 bridgehead atoms. The van der Waals surface area contributed by atoms with E-state index in [0.717, 1.165) is 23.4 Å². The molecule has 3 aromatic rings. The van der Waals surface area contributed by atoms with Gasteiger partial charge in [0.25, 0.3) is 0 Å². The molecule has 0 aliphatic rings. The second kappa shape index (κ2) is 7.47. The van der Waals surface area contributed by atoms with Gasteiger partial charge in [-0.3, -0.25) is 4.68 Å². The lowest BCUT2D eigenvalue weighted by Gasteiger charge is -2.18. The van der Waals surface area contributed by atoms with E-state index >= 15 is 0 Å². The zero-order valence-electron chi connectivity index (χ0n) is 15.1. The molecule has 0 radical (unpaired) electrons. The van der Waals surface area contributed by atoms with Crippen molar-refractivity contribution < 1.29 is 12.8 Å². The molecule has 1 atom stereocenters. The van der Waals surface area contributed by atoms with Crippen LogP contribution < -0.4 is 4.72 Å². The average Bonchev–Trinajstić information content (AvgIpc) is 3.25. The van der Waals surface area contributed by atoms with Gasteiger partial charge >= 0.3 is 0 Å². The summed E-state index contributed by atoms with van der Waals surface area (Å²) in [7, 11) is -3.62. The molecule has 1 unspecified atom stereocenters. The largest absolute Gasteiger partial charge is 0.467 e. The Morgan fingerprint density at radius 2 is 1.92 bits per heavy atom. The first kappa shape index (κ1) is 18.4. The Morgan fingerprint density at radius 3 is 2.46 bits per heavy atom. The minimum atomic E-state index is -3.62. The van der Waals surface area contributed by atoms with E-state index in [4.69, 9.17) is 4.42 Å². The molecule has 0 saturated heterocycles. The highest BCUT2D eigenvalue weighted by atomic mass is 32.2. The summed E-state index contributed by atoms with van der Waals surface area (Å²) in [5, 5.41) is 4.48. The zero-order valence-corrected chi connectivity index (χ0v) is 16.0. The first-order valence-electron chi connectivity index (χ1n) is 8.55. The fourth-order valence-electron chi connectivity index (χ4n) is 2.93. The lowest BCUT2D eigenvalue weighted by atomic mass is 10.2. The van der Waals surface area contributed by atoms with E-state index in [1.807, 2.05) is 45.0 Å². The normalized spacial score (nSPS) is 13.0. The van der Waals surface area contributed by atoms with Crippen LogP contribution >= 0.6 is 0 Å². The molecule has 2 aromatic heterocycles. The quantitative estimate of drug-likeness (QED) is 0.690. The lowest BCUT2D eigenvalue weighted by molar-refractivity contribution is 0.397. The predicted molar refractivity (Wildman–Crippen MR) is 99.6 cm³/mol. The number of hydrogen-bond donors (Lipinski definition) is 1. The van der Waals surface area contributed by atoms with Crippen LogP contribution in [0.4, 0.5) is 0 Å². The molecular weight excluding hydrogens is 350 g/mol. The first-order chi connectivity index (χ1) is 12.4. The Bertz CT molecular complexity index is 958. The van der Waals surface area contributed by atoms with Crippen molar-refractivity contribution in [1.29, 1.82) is 0 Å². The van der Waals surface area contributed by atoms with Crippen molar-refractivity contribution >= 4 is 10.0 Å². The van der Waals surface area contributed by atoms with Crippen molar-refractivity contribution in [2.24, 2.45) is 0 Å². The van der Waals surface area contributed by atoms with E-state index in [9.17, 15) is 8.42 Å². The van der Waals surface area contributed by atoms with Crippen LogP contribution in [0, 0.1) is 13.8 Å². The molecule has 3 rings (SSSR count). The molecule has 26 heavy (non-hydrogen) atoms. The third-order valence-electron chi connectivity index (χ3n) is 4.32. The molecule has 1 N–H and O–H groups in total. The van der Waals surface area contributed by atoms with Crippen LogP contribution in [0.15, 0.2) is 58.0 Å². The minimum Gasteiger partial charge on any atom is -0.467 e. The summed E-state index contributed by atoms with van der Waals surface area (Å²) in [6.07, 6.45) is 2.44. The molecule has 1 aromatic carbocycles. The van der Waals surface area contributed by atoms with Crippen molar-refractivity contribution in [2.45, 2.75) is 38.1 Å². The van der Waals surface area contributed by atoms with Crippen molar-refractivity contribution in [3.8, 4) is 0 Å². The molecule has 7 heteroatoms. The van der Waals surface area contributed by atoms with Gasteiger partial charge in [0.15, 0.2) is 0 Å². The Hall–Kier alpha value is -2.38. The minimum absolute atomic E-state index is 0.146. The molecule has 0 aliphatic heterocycles. The monoisotopic (exact) mass is 373 g/mol. The first-order valence-corrected chi connectivity index (χ1v) is 10.0. The number of nitrogens with zero attached hydrogens (tertiary/aromatic N) is 2. The Balaban J connectivity index is 1.84. The van der Waals surface area contributed by atoms with E-state index in [1.165, 1.54) is 0 Å². The second-order valence-electron chi connectivity index (χ2n) is 6.25. The molecule has 2 heterocycles. The number of sulfonamides is 1. The molecule has 0 fully saturated rings. The van der Waals surface area contributed by atoms with Crippen LogP contribution in [0.2, 0.25) is 0 Å². The molecule has 0 amide bonds. The van der Waals surface area contributed by atoms with Gasteiger partial charge in [-0.2, -0.15) is 5.10 Å². The number of aromatic nitrogens is 2. The van der Waals surface area contributed by atoms with Gasteiger partial charge in [-0.25, -0.2) is 13.1 Å². The Labute approximate surface area is 153 Å². The number of furan rings is 1. The van der Waals surface area contributed by atoms with Crippen molar-refractivity contribution in [3.05, 3.63) is 71.4 Å². The van der Waals surface area contributed by atoms with Gasteiger partial charge in [-0.15, -0.1) is 0 Å². The SMILES string of the molecule is CCc1ccc(S(=O)(=O)NCC(c2ccco2)n2nc(C)cc2C)cc1. The molecule has 6 nitrogen and oxygen atoms in total. The summed E-state index contributed by atoms with van der Waals surface area (Å²) in [5.74, 6) is 0.653. The number of hydrogen-bond acceptors (Lipinski definition) is 4. The van der Waals surface area contributed by atoms with Gasteiger partial charge in [0.2, 0.25) is 10.0 Å². The maximum atomic E-state index is 12.7. The van der Waals surface area contributed by atoms with Crippen LogP contribution in [0.1, 0.15) is 35.7 Å². The number of nitrogens with one attached hydrogen (secondary N) is 1. The number of aryl methyl sites for hydroxylation is 3.